The van der Waals surface area contributed by atoms with Crippen LogP contribution in [0.25, 0.3) is 0 Å². The summed E-state index contributed by atoms with van der Waals surface area (Å²) in [6, 6.07) is 2.22. The normalized spacial score (nSPS) is 23.3. The van der Waals surface area contributed by atoms with E-state index in [1.54, 1.807) is 11.3 Å². The van der Waals surface area contributed by atoms with Crippen molar-refractivity contribution in [2.75, 3.05) is 0 Å². The van der Waals surface area contributed by atoms with Crippen LogP contribution in [-0.4, -0.2) is 11.9 Å². The predicted molar refractivity (Wildman–Crippen MR) is 70.9 cm³/mol. The van der Waals surface area contributed by atoms with Gasteiger partial charge in [-0.15, -0.1) is 11.3 Å². The van der Waals surface area contributed by atoms with Crippen molar-refractivity contribution in [1.82, 2.24) is 5.32 Å². The summed E-state index contributed by atoms with van der Waals surface area (Å²) in [5.74, 6) is 0.0599. The summed E-state index contributed by atoms with van der Waals surface area (Å²) in [5.41, 5.74) is 1.15. The Morgan fingerprint density at radius 1 is 1.62 bits per heavy atom. The van der Waals surface area contributed by atoms with Crippen LogP contribution in [0.2, 0.25) is 0 Å². The van der Waals surface area contributed by atoms with Crippen LogP contribution in [-0.2, 0) is 0 Å². The van der Waals surface area contributed by atoms with Crippen molar-refractivity contribution in [2.24, 2.45) is 5.41 Å². The third-order valence-corrected chi connectivity index (χ3v) is 4.64. The third-order valence-electron chi connectivity index (χ3n) is 3.13. The van der Waals surface area contributed by atoms with Gasteiger partial charge in [0.25, 0.3) is 5.91 Å². The Balaban J connectivity index is 1.94. The zero-order valence-electron chi connectivity index (χ0n) is 9.55. The van der Waals surface area contributed by atoms with Gasteiger partial charge in [-0.3, -0.25) is 4.79 Å². The molecule has 1 aliphatic carbocycles. The lowest BCUT2D eigenvalue weighted by molar-refractivity contribution is 0.0936. The maximum atomic E-state index is 11.9. The molecule has 1 heterocycles. The van der Waals surface area contributed by atoms with E-state index in [0.717, 1.165) is 22.2 Å². The number of halogens is 1. The standard InChI is InChI=1S/C12H16BrNOS/c1-12(2)4-3-9(6-12)14-11(15)8-5-10(13)16-7-8/h5,7,9H,3-4,6H2,1-2H3,(H,14,15). The van der Waals surface area contributed by atoms with E-state index in [-0.39, 0.29) is 5.91 Å². The summed E-state index contributed by atoms with van der Waals surface area (Å²) in [6.45, 7) is 4.53. The molecule has 16 heavy (non-hydrogen) atoms. The SMILES string of the molecule is CC1(C)CCC(NC(=O)c2csc(Br)c2)C1. The number of carbonyl (C=O) groups is 1. The lowest BCUT2D eigenvalue weighted by Crippen LogP contribution is -2.33. The van der Waals surface area contributed by atoms with E-state index in [2.05, 4.69) is 35.1 Å². The molecule has 0 aliphatic heterocycles. The number of carbonyl (C=O) groups excluding carboxylic acids is 1. The van der Waals surface area contributed by atoms with Crippen LogP contribution >= 0.6 is 27.3 Å². The van der Waals surface area contributed by atoms with Crippen molar-refractivity contribution in [1.29, 1.82) is 0 Å². The van der Waals surface area contributed by atoms with Crippen molar-refractivity contribution in [3.8, 4) is 0 Å². The fraction of sp³-hybridized carbons (Fsp3) is 0.583. The molecular weight excluding hydrogens is 286 g/mol. The van der Waals surface area contributed by atoms with E-state index in [0.29, 0.717) is 11.5 Å². The van der Waals surface area contributed by atoms with Gasteiger partial charge in [0.15, 0.2) is 0 Å². The van der Waals surface area contributed by atoms with Gasteiger partial charge < -0.3 is 5.32 Å². The molecule has 1 saturated carbocycles. The molecule has 0 aromatic carbocycles. The van der Waals surface area contributed by atoms with E-state index in [1.807, 2.05) is 11.4 Å². The van der Waals surface area contributed by atoms with E-state index < -0.39 is 0 Å². The first kappa shape index (κ1) is 12.1. The molecule has 0 saturated heterocycles. The molecule has 0 radical (unpaired) electrons. The first-order chi connectivity index (χ1) is 7.46. The topological polar surface area (TPSA) is 29.1 Å². The van der Waals surface area contributed by atoms with E-state index in [1.165, 1.54) is 6.42 Å². The number of hydrogen-bond donors (Lipinski definition) is 1. The Bertz CT molecular complexity index is 399. The molecule has 1 amide bonds. The van der Waals surface area contributed by atoms with Gasteiger partial charge in [-0.1, -0.05) is 13.8 Å². The molecule has 1 atom stereocenters. The number of thiophene rings is 1. The number of amides is 1. The minimum absolute atomic E-state index is 0.0599. The van der Waals surface area contributed by atoms with Crippen molar-refractivity contribution < 1.29 is 4.79 Å². The average molecular weight is 302 g/mol. The Labute approximate surface area is 109 Å². The second-order valence-corrected chi connectivity index (χ2v) is 7.51. The summed E-state index contributed by atoms with van der Waals surface area (Å²) in [4.78, 5) is 11.9. The highest BCUT2D eigenvalue weighted by molar-refractivity contribution is 9.11. The Morgan fingerprint density at radius 2 is 2.38 bits per heavy atom. The number of nitrogens with one attached hydrogen (secondary N) is 1. The molecule has 2 nitrogen and oxygen atoms in total. The Morgan fingerprint density at radius 3 is 2.88 bits per heavy atom. The summed E-state index contributed by atoms with van der Waals surface area (Å²) in [6.07, 6.45) is 3.39. The van der Waals surface area contributed by atoms with Gasteiger partial charge in [0.1, 0.15) is 0 Å². The van der Waals surface area contributed by atoms with Gasteiger partial charge in [-0.25, -0.2) is 0 Å². The zero-order chi connectivity index (χ0) is 11.8. The average Bonchev–Trinajstić information content (AvgIpc) is 2.73. The lowest BCUT2D eigenvalue weighted by Gasteiger charge is -2.17. The van der Waals surface area contributed by atoms with Gasteiger partial charge in [0.2, 0.25) is 0 Å². The molecule has 1 N–H and O–H groups in total. The van der Waals surface area contributed by atoms with Gasteiger partial charge >= 0.3 is 0 Å². The first-order valence-electron chi connectivity index (χ1n) is 5.51. The highest BCUT2D eigenvalue weighted by Gasteiger charge is 2.31. The quantitative estimate of drug-likeness (QED) is 0.884. The molecule has 1 aromatic rings. The maximum absolute atomic E-state index is 11.9. The third kappa shape index (κ3) is 2.86. The molecule has 0 bridgehead atoms. The minimum Gasteiger partial charge on any atom is -0.349 e. The lowest BCUT2D eigenvalue weighted by atomic mass is 9.92. The molecule has 1 fully saturated rings. The van der Waals surface area contributed by atoms with Crippen molar-refractivity contribution >= 4 is 33.2 Å². The van der Waals surface area contributed by atoms with Crippen LogP contribution in [0.3, 0.4) is 0 Å². The minimum atomic E-state index is 0.0599. The van der Waals surface area contributed by atoms with Crippen molar-refractivity contribution in [2.45, 2.75) is 39.2 Å². The van der Waals surface area contributed by atoms with Crippen LogP contribution in [0.15, 0.2) is 15.2 Å². The largest absolute Gasteiger partial charge is 0.349 e. The Hall–Kier alpha value is -0.350. The van der Waals surface area contributed by atoms with Gasteiger partial charge in [-0.2, -0.15) is 0 Å². The van der Waals surface area contributed by atoms with Crippen LogP contribution in [0.4, 0.5) is 0 Å². The van der Waals surface area contributed by atoms with E-state index in [4.69, 9.17) is 0 Å². The van der Waals surface area contributed by atoms with E-state index in [9.17, 15) is 4.79 Å². The monoisotopic (exact) mass is 301 g/mol. The smallest absolute Gasteiger partial charge is 0.252 e. The first-order valence-corrected chi connectivity index (χ1v) is 7.18. The molecule has 4 heteroatoms. The maximum Gasteiger partial charge on any atom is 0.252 e. The molecule has 88 valence electrons. The highest BCUT2D eigenvalue weighted by Crippen LogP contribution is 2.37. The van der Waals surface area contributed by atoms with Gasteiger partial charge in [0.05, 0.1) is 9.35 Å². The fourth-order valence-corrected chi connectivity index (χ4v) is 3.39. The van der Waals surface area contributed by atoms with Gasteiger partial charge in [0, 0.05) is 11.4 Å². The summed E-state index contributed by atoms with van der Waals surface area (Å²) < 4.78 is 1.00. The van der Waals surface area contributed by atoms with Crippen molar-refractivity contribution in [3.05, 3.63) is 20.8 Å². The van der Waals surface area contributed by atoms with Crippen LogP contribution in [0, 0.1) is 5.41 Å². The van der Waals surface area contributed by atoms with Crippen molar-refractivity contribution in [3.63, 3.8) is 0 Å². The zero-order valence-corrected chi connectivity index (χ0v) is 12.0. The van der Waals surface area contributed by atoms with Crippen LogP contribution < -0.4 is 5.32 Å². The summed E-state index contributed by atoms with van der Waals surface area (Å²) in [5, 5.41) is 5.00. The van der Waals surface area contributed by atoms with Gasteiger partial charge in [-0.05, 0) is 46.7 Å². The van der Waals surface area contributed by atoms with E-state index >= 15 is 0 Å². The molecular formula is C12H16BrNOS. The molecule has 2 rings (SSSR count). The summed E-state index contributed by atoms with van der Waals surface area (Å²) >= 11 is 4.92. The number of hydrogen-bond acceptors (Lipinski definition) is 2. The number of rotatable bonds is 2. The van der Waals surface area contributed by atoms with Crippen LogP contribution in [0.1, 0.15) is 43.5 Å². The molecule has 1 unspecified atom stereocenters. The predicted octanol–water partition coefficient (Wildman–Crippen LogP) is 3.82. The Kier molecular flexibility index (Phi) is 3.40. The van der Waals surface area contributed by atoms with Crippen LogP contribution in [0.5, 0.6) is 0 Å². The molecule has 1 aliphatic rings. The second-order valence-electron chi connectivity index (χ2n) is 5.22. The summed E-state index contributed by atoms with van der Waals surface area (Å²) in [7, 11) is 0. The fourth-order valence-electron chi connectivity index (χ4n) is 2.26. The highest BCUT2D eigenvalue weighted by atomic mass is 79.9. The second kappa shape index (κ2) is 4.49. The molecule has 0 spiro atoms. The molecule has 1 aromatic heterocycles.